The van der Waals surface area contributed by atoms with Gasteiger partial charge in [-0.3, -0.25) is 0 Å². The number of hydrogen-bond acceptors (Lipinski definition) is 4. The van der Waals surface area contributed by atoms with Crippen LogP contribution >= 0.6 is 0 Å². The van der Waals surface area contributed by atoms with E-state index in [2.05, 4.69) is 20.5 Å². The first kappa shape index (κ1) is 11.9. The summed E-state index contributed by atoms with van der Waals surface area (Å²) in [6.07, 6.45) is 3.83. The lowest BCUT2D eigenvalue weighted by Crippen LogP contribution is -2.34. The number of aromatic nitrogens is 3. The number of imidazole rings is 1. The summed E-state index contributed by atoms with van der Waals surface area (Å²) in [5, 5.41) is 10.3. The van der Waals surface area contributed by atoms with Gasteiger partial charge in [-0.2, -0.15) is 5.26 Å². The third kappa shape index (κ3) is 1.93. The van der Waals surface area contributed by atoms with Crippen molar-refractivity contribution in [3.05, 3.63) is 54.1 Å². The minimum Gasteiger partial charge on any atom is -0.347 e. The molecule has 5 heteroatoms. The van der Waals surface area contributed by atoms with Crippen molar-refractivity contribution in [2.75, 3.05) is 11.4 Å². The second-order valence-electron chi connectivity index (χ2n) is 5.12. The van der Waals surface area contributed by atoms with E-state index in [4.69, 9.17) is 4.98 Å². The van der Waals surface area contributed by atoms with E-state index < -0.39 is 0 Å². The average Bonchev–Trinajstić information content (AvgIpc) is 3.01. The molecule has 4 rings (SSSR count). The number of fused-ring (bicyclic) bond motifs is 2. The Morgan fingerprint density at radius 3 is 3.00 bits per heavy atom. The molecule has 1 aromatic carbocycles. The van der Waals surface area contributed by atoms with Gasteiger partial charge in [-0.1, -0.05) is 18.2 Å². The molecule has 21 heavy (non-hydrogen) atoms. The van der Waals surface area contributed by atoms with E-state index >= 15 is 0 Å². The van der Waals surface area contributed by atoms with Crippen molar-refractivity contribution in [1.82, 2.24) is 14.5 Å². The summed E-state index contributed by atoms with van der Waals surface area (Å²) in [6.45, 7) is 2.49. The van der Waals surface area contributed by atoms with Crippen LogP contribution in [0.15, 0.2) is 42.7 Å². The van der Waals surface area contributed by atoms with E-state index in [1.54, 1.807) is 0 Å². The molecule has 0 N–H and O–H groups in total. The van der Waals surface area contributed by atoms with Gasteiger partial charge in [0.2, 0.25) is 0 Å². The van der Waals surface area contributed by atoms with Gasteiger partial charge in [0.1, 0.15) is 11.6 Å². The van der Waals surface area contributed by atoms with Crippen LogP contribution in [0.4, 0.5) is 5.82 Å². The minimum atomic E-state index is 0.671. The van der Waals surface area contributed by atoms with Gasteiger partial charge in [-0.25, -0.2) is 9.97 Å². The van der Waals surface area contributed by atoms with E-state index in [9.17, 15) is 5.26 Å². The van der Waals surface area contributed by atoms with Crippen molar-refractivity contribution in [3.8, 4) is 6.07 Å². The standard InChI is InChI=1S/C16H13N5/c17-10-12-9-15(19-14-4-2-1-3-13(12)14)21-8-7-20-6-5-18-16(20)11-21/h1-6,9H,7-8,11H2. The van der Waals surface area contributed by atoms with Gasteiger partial charge >= 0.3 is 0 Å². The normalized spacial score (nSPS) is 14.0. The highest BCUT2D eigenvalue weighted by Gasteiger charge is 2.19. The molecule has 0 bridgehead atoms. The Kier molecular flexibility index (Phi) is 2.61. The molecule has 0 saturated carbocycles. The van der Waals surface area contributed by atoms with Gasteiger partial charge in [0, 0.05) is 30.9 Å². The quantitative estimate of drug-likeness (QED) is 0.684. The minimum absolute atomic E-state index is 0.671. The smallest absolute Gasteiger partial charge is 0.131 e. The molecule has 102 valence electrons. The van der Waals surface area contributed by atoms with E-state index in [-0.39, 0.29) is 0 Å². The fraction of sp³-hybridized carbons (Fsp3) is 0.188. The molecule has 0 aliphatic carbocycles. The summed E-state index contributed by atoms with van der Waals surface area (Å²) < 4.78 is 2.16. The van der Waals surface area contributed by atoms with Crippen molar-refractivity contribution in [2.24, 2.45) is 0 Å². The maximum atomic E-state index is 9.37. The number of hydrogen-bond donors (Lipinski definition) is 0. The first-order valence-corrected chi connectivity index (χ1v) is 6.90. The van der Waals surface area contributed by atoms with Crippen LogP contribution in [0.2, 0.25) is 0 Å². The maximum Gasteiger partial charge on any atom is 0.131 e. The van der Waals surface area contributed by atoms with Crippen molar-refractivity contribution < 1.29 is 0 Å². The van der Waals surface area contributed by atoms with Gasteiger partial charge < -0.3 is 9.47 Å². The molecule has 0 unspecified atom stereocenters. The second kappa shape index (κ2) is 4.60. The van der Waals surface area contributed by atoms with Gasteiger partial charge in [0.05, 0.1) is 23.7 Å². The lowest BCUT2D eigenvalue weighted by Gasteiger charge is -2.28. The summed E-state index contributed by atoms with van der Waals surface area (Å²) in [5.74, 6) is 1.88. The van der Waals surface area contributed by atoms with Gasteiger partial charge in [-0.05, 0) is 12.1 Å². The Morgan fingerprint density at radius 1 is 1.19 bits per heavy atom. The van der Waals surface area contributed by atoms with Gasteiger partial charge in [-0.15, -0.1) is 0 Å². The fourth-order valence-corrected chi connectivity index (χ4v) is 2.78. The molecule has 0 amide bonds. The SMILES string of the molecule is N#Cc1cc(N2CCn3ccnc3C2)nc2ccccc12. The molecule has 0 atom stereocenters. The molecule has 3 heterocycles. The molecule has 0 fully saturated rings. The van der Waals surface area contributed by atoms with Crippen LogP contribution < -0.4 is 4.90 Å². The predicted molar refractivity (Wildman–Crippen MR) is 79.7 cm³/mol. The highest BCUT2D eigenvalue weighted by molar-refractivity contribution is 5.86. The topological polar surface area (TPSA) is 57.7 Å². The van der Waals surface area contributed by atoms with Crippen molar-refractivity contribution >= 4 is 16.7 Å². The molecule has 0 radical (unpaired) electrons. The molecule has 0 spiro atoms. The third-order valence-corrected chi connectivity index (χ3v) is 3.89. The number of nitriles is 1. The first-order valence-electron chi connectivity index (χ1n) is 6.90. The van der Waals surface area contributed by atoms with E-state index in [1.165, 1.54) is 0 Å². The van der Waals surface area contributed by atoms with Crippen molar-refractivity contribution in [3.63, 3.8) is 0 Å². The highest BCUT2D eigenvalue weighted by Crippen LogP contribution is 2.24. The molecule has 1 aliphatic rings. The number of nitrogens with zero attached hydrogens (tertiary/aromatic N) is 5. The van der Waals surface area contributed by atoms with E-state index in [1.807, 2.05) is 42.7 Å². The average molecular weight is 275 g/mol. The molecule has 0 saturated heterocycles. The van der Waals surface area contributed by atoms with Crippen molar-refractivity contribution in [2.45, 2.75) is 13.1 Å². The zero-order valence-corrected chi connectivity index (χ0v) is 11.4. The fourth-order valence-electron chi connectivity index (χ4n) is 2.78. The number of rotatable bonds is 1. The molecular formula is C16H13N5. The van der Waals surface area contributed by atoms with Crippen molar-refractivity contribution in [1.29, 1.82) is 5.26 Å². The van der Waals surface area contributed by atoms with Crippen LogP contribution in [0.25, 0.3) is 10.9 Å². The molecule has 5 nitrogen and oxygen atoms in total. The molecule has 3 aromatic rings. The Hall–Kier alpha value is -2.87. The van der Waals surface area contributed by atoms with E-state index in [0.717, 1.165) is 42.2 Å². The Bertz CT molecular complexity index is 858. The molecule has 1 aliphatic heterocycles. The zero-order chi connectivity index (χ0) is 14.2. The zero-order valence-electron chi connectivity index (χ0n) is 11.4. The summed E-state index contributed by atoms with van der Waals surface area (Å²) in [6, 6.07) is 11.9. The van der Waals surface area contributed by atoms with Crippen LogP contribution in [-0.4, -0.2) is 21.1 Å². The van der Waals surface area contributed by atoms with Crippen LogP contribution in [-0.2, 0) is 13.1 Å². The van der Waals surface area contributed by atoms with E-state index in [0.29, 0.717) is 5.56 Å². The van der Waals surface area contributed by atoms with Gasteiger partial charge in [0.25, 0.3) is 0 Å². The Labute approximate surface area is 122 Å². The monoisotopic (exact) mass is 275 g/mol. The lowest BCUT2D eigenvalue weighted by molar-refractivity contribution is 0.556. The third-order valence-electron chi connectivity index (χ3n) is 3.89. The van der Waals surface area contributed by atoms with Crippen LogP contribution in [0.1, 0.15) is 11.4 Å². The summed E-state index contributed by atoms with van der Waals surface area (Å²) in [4.78, 5) is 11.2. The van der Waals surface area contributed by atoms with Gasteiger partial charge in [0.15, 0.2) is 0 Å². The number of pyridine rings is 1. The maximum absolute atomic E-state index is 9.37. The van der Waals surface area contributed by atoms with Crippen LogP contribution in [0.3, 0.4) is 0 Å². The summed E-state index contributed by atoms with van der Waals surface area (Å²) in [5.41, 5.74) is 1.53. The Balaban J connectivity index is 1.79. The second-order valence-corrected chi connectivity index (χ2v) is 5.12. The summed E-state index contributed by atoms with van der Waals surface area (Å²) >= 11 is 0. The van der Waals surface area contributed by atoms with Crippen LogP contribution in [0.5, 0.6) is 0 Å². The first-order chi connectivity index (χ1) is 10.3. The number of anilines is 1. The highest BCUT2D eigenvalue weighted by atomic mass is 15.3. The lowest BCUT2D eigenvalue weighted by atomic mass is 10.1. The number of para-hydroxylation sites is 1. The molecular weight excluding hydrogens is 262 g/mol. The largest absolute Gasteiger partial charge is 0.347 e. The summed E-state index contributed by atoms with van der Waals surface area (Å²) in [7, 11) is 0. The number of benzene rings is 1. The predicted octanol–water partition coefficient (Wildman–Crippen LogP) is 2.32. The Morgan fingerprint density at radius 2 is 2.10 bits per heavy atom. The molecule has 2 aromatic heterocycles. The van der Waals surface area contributed by atoms with Crippen LogP contribution in [0, 0.1) is 11.3 Å².